The second kappa shape index (κ2) is 8.59. The lowest BCUT2D eigenvalue weighted by molar-refractivity contribution is -0.116. The van der Waals surface area contributed by atoms with Gasteiger partial charge in [-0.3, -0.25) is 4.79 Å². The van der Waals surface area contributed by atoms with E-state index in [0.29, 0.717) is 24.5 Å². The van der Waals surface area contributed by atoms with E-state index < -0.39 is 0 Å². The maximum Gasteiger partial charge on any atom is 0.224 e. The highest BCUT2D eigenvalue weighted by molar-refractivity contribution is 6.31. The molecule has 0 unspecified atom stereocenters. The molecule has 1 amide bonds. The number of carbonyl (C=O) groups excluding carboxylic acids is 1. The molecule has 2 aromatic rings. The van der Waals surface area contributed by atoms with Crippen LogP contribution in [0.3, 0.4) is 0 Å². The van der Waals surface area contributed by atoms with Gasteiger partial charge in [0.05, 0.1) is 6.61 Å². The van der Waals surface area contributed by atoms with Crippen molar-refractivity contribution < 1.29 is 9.53 Å². The van der Waals surface area contributed by atoms with Gasteiger partial charge in [-0.05, 0) is 55.2 Å². The SMILES string of the molecule is CCc1ccc(OCCCC(=O)Nc2cccc(Cl)c2C)cc1. The number of hydrogen-bond acceptors (Lipinski definition) is 2. The van der Waals surface area contributed by atoms with Crippen LogP contribution in [0.2, 0.25) is 5.02 Å². The molecule has 2 rings (SSSR count). The van der Waals surface area contributed by atoms with E-state index in [1.165, 1.54) is 5.56 Å². The number of hydrogen-bond donors (Lipinski definition) is 1. The van der Waals surface area contributed by atoms with Gasteiger partial charge in [0.2, 0.25) is 5.91 Å². The molecule has 0 aromatic heterocycles. The molecule has 0 saturated carbocycles. The lowest BCUT2D eigenvalue weighted by atomic mass is 10.2. The predicted octanol–water partition coefficient (Wildman–Crippen LogP) is 5.01. The Morgan fingerprint density at radius 3 is 2.61 bits per heavy atom. The molecule has 0 saturated heterocycles. The van der Waals surface area contributed by atoms with Gasteiger partial charge in [0.25, 0.3) is 0 Å². The number of benzene rings is 2. The zero-order valence-corrected chi connectivity index (χ0v) is 14.3. The van der Waals surface area contributed by atoms with E-state index in [4.69, 9.17) is 16.3 Å². The Labute approximate surface area is 142 Å². The van der Waals surface area contributed by atoms with E-state index >= 15 is 0 Å². The Bertz CT molecular complexity index is 653. The van der Waals surface area contributed by atoms with Gasteiger partial charge in [-0.1, -0.05) is 36.7 Å². The highest BCUT2D eigenvalue weighted by Gasteiger charge is 2.06. The van der Waals surface area contributed by atoms with E-state index in [1.807, 2.05) is 37.3 Å². The van der Waals surface area contributed by atoms with E-state index in [2.05, 4.69) is 24.4 Å². The van der Waals surface area contributed by atoms with Crippen molar-refractivity contribution in [3.8, 4) is 5.75 Å². The van der Waals surface area contributed by atoms with Gasteiger partial charge in [-0.15, -0.1) is 0 Å². The molecule has 1 N–H and O–H groups in total. The maximum absolute atomic E-state index is 12.0. The standard InChI is InChI=1S/C19H22ClNO2/c1-3-15-9-11-16(12-10-15)23-13-5-8-19(22)21-18-7-4-6-17(20)14(18)2/h4,6-7,9-12H,3,5,8,13H2,1-2H3,(H,21,22). The molecule has 2 aromatic carbocycles. The zero-order valence-electron chi connectivity index (χ0n) is 13.6. The van der Waals surface area contributed by atoms with Crippen molar-refractivity contribution in [3.05, 3.63) is 58.6 Å². The largest absolute Gasteiger partial charge is 0.494 e. The molecule has 0 radical (unpaired) electrons. The number of amides is 1. The molecule has 3 nitrogen and oxygen atoms in total. The van der Waals surface area contributed by atoms with Gasteiger partial charge in [-0.2, -0.15) is 0 Å². The van der Waals surface area contributed by atoms with Crippen molar-refractivity contribution in [2.75, 3.05) is 11.9 Å². The number of ether oxygens (including phenoxy) is 1. The summed E-state index contributed by atoms with van der Waals surface area (Å²) in [5.41, 5.74) is 2.93. The number of aryl methyl sites for hydroxylation is 1. The van der Waals surface area contributed by atoms with Gasteiger partial charge in [0.1, 0.15) is 5.75 Å². The summed E-state index contributed by atoms with van der Waals surface area (Å²) in [5.74, 6) is 0.814. The number of rotatable bonds is 7. The molecule has 0 bridgehead atoms. The molecule has 0 fully saturated rings. The van der Waals surface area contributed by atoms with E-state index in [-0.39, 0.29) is 5.91 Å². The molecule has 0 aliphatic heterocycles. The van der Waals surface area contributed by atoms with Gasteiger partial charge >= 0.3 is 0 Å². The minimum absolute atomic E-state index is 0.0275. The van der Waals surface area contributed by atoms with Crippen molar-refractivity contribution in [2.45, 2.75) is 33.1 Å². The first-order valence-corrected chi connectivity index (χ1v) is 8.24. The molecule has 122 valence electrons. The van der Waals surface area contributed by atoms with Crippen LogP contribution in [0.5, 0.6) is 5.75 Å². The summed E-state index contributed by atoms with van der Waals surface area (Å²) < 4.78 is 5.65. The highest BCUT2D eigenvalue weighted by Crippen LogP contribution is 2.23. The summed E-state index contributed by atoms with van der Waals surface area (Å²) in [7, 11) is 0. The fourth-order valence-corrected chi connectivity index (χ4v) is 2.37. The second-order valence-electron chi connectivity index (χ2n) is 5.41. The summed E-state index contributed by atoms with van der Waals surface area (Å²) in [6, 6.07) is 13.5. The number of carbonyl (C=O) groups is 1. The topological polar surface area (TPSA) is 38.3 Å². The molecule has 0 aliphatic rings. The average Bonchev–Trinajstić information content (AvgIpc) is 2.56. The van der Waals surface area contributed by atoms with Gasteiger partial charge in [-0.25, -0.2) is 0 Å². The zero-order chi connectivity index (χ0) is 16.7. The summed E-state index contributed by atoms with van der Waals surface area (Å²) >= 11 is 6.04. The fourth-order valence-electron chi connectivity index (χ4n) is 2.20. The molecular formula is C19H22ClNO2. The Balaban J connectivity index is 1.73. The minimum atomic E-state index is -0.0275. The lowest BCUT2D eigenvalue weighted by Crippen LogP contribution is -2.13. The van der Waals surface area contributed by atoms with Crippen LogP contribution in [0.1, 0.15) is 30.9 Å². The highest BCUT2D eigenvalue weighted by atomic mass is 35.5. The summed E-state index contributed by atoms with van der Waals surface area (Å²) in [6.07, 6.45) is 2.10. The molecule has 0 aliphatic carbocycles. The van der Waals surface area contributed by atoms with Crippen LogP contribution >= 0.6 is 11.6 Å². The lowest BCUT2D eigenvalue weighted by Gasteiger charge is -2.10. The summed E-state index contributed by atoms with van der Waals surface area (Å²) in [6.45, 7) is 4.53. The molecule has 0 atom stereocenters. The van der Waals surface area contributed by atoms with Crippen molar-refractivity contribution in [3.63, 3.8) is 0 Å². The third-order valence-corrected chi connectivity index (χ3v) is 4.10. The van der Waals surface area contributed by atoms with E-state index in [9.17, 15) is 4.79 Å². The van der Waals surface area contributed by atoms with Gasteiger partial charge in [0, 0.05) is 17.1 Å². The fraction of sp³-hybridized carbons (Fsp3) is 0.316. The first kappa shape index (κ1) is 17.4. The van der Waals surface area contributed by atoms with Crippen LogP contribution in [0, 0.1) is 6.92 Å². The Hall–Kier alpha value is -2.00. The molecule has 4 heteroatoms. The van der Waals surface area contributed by atoms with E-state index in [1.54, 1.807) is 0 Å². The van der Waals surface area contributed by atoms with Crippen molar-refractivity contribution >= 4 is 23.2 Å². The predicted molar refractivity (Wildman–Crippen MR) is 95.4 cm³/mol. The first-order valence-electron chi connectivity index (χ1n) is 7.87. The van der Waals surface area contributed by atoms with Crippen molar-refractivity contribution in [1.29, 1.82) is 0 Å². The first-order chi connectivity index (χ1) is 11.1. The monoisotopic (exact) mass is 331 g/mol. The second-order valence-corrected chi connectivity index (χ2v) is 5.82. The average molecular weight is 332 g/mol. The van der Waals surface area contributed by atoms with Crippen LogP contribution < -0.4 is 10.1 Å². The maximum atomic E-state index is 12.0. The molecule has 0 heterocycles. The van der Waals surface area contributed by atoms with Crippen LogP contribution in [0.4, 0.5) is 5.69 Å². The molecule has 23 heavy (non-hydrogen) atoms. The van der Waals surface area contributed by atoms with E-state index in [0.717, 1.165) is 23.4 Å². The van der Waals surface area contributed by atoms with Gasteiger partial charge < -0.3 is 10.1 Å². The minimum Gasteiger partial charge on any atom is -0.494 e. The summed E-state index contributed by atoms with van der Waals surface area (Å²) in [5, 5.41) is 3.54. The Morgan fingerprint density at radius 1 is 1.17 bits per heavy atom. The number of halogens is 1. The van der Waals surface area contributed by atoms with Crippen LogP contribution in [0.25, 0.3) is 0 Å². The Kier molecular flexibility index (Phi) is 6.48. The van der Waals surface area contributed by atoms with Crippen molar-refractivity contribution in [1.82, 2.24) is 0 Å². The normalized spacial score (nSPS) is 10.4. The quantitative estimate of drug-likeness (QED) is 0.724. The number of nitrogens with one attached hydrogen (secondary N) is 1. The Morgan fingerprint density at radius 2 is 1.91 bits per heavy atom. The number of anilines is 1. The van der Waals surface area contributed by atoms with Crippen LogP contribution in [-0.4, -0.2) is 12.5 Å². The smallest absolute Gasteiger partial charge is 0.224 e. The van der Waals surface area contributed by atoms with Crippen LogP contribution in [0.15, 0.2) is 42.5 Å². The molecule has 0 spiro atoms. The van der Waals surface area contributed by atoms with Crippen LogP contribution in [-0.2, 0) is 11.2 Å². The molecular weight excluding hydrogens is 310 g/mol. The third kappa shape index (κ3) is 5.29. The van der Waals surface area contributed by atoms with Crippen molar-refractivity contribution in [2.24, 2.45) is 0 Å². The summed E-state index contributed by atoms with van der Waals surface area (Å²) in [4.78, 5) is 12.0. The third-order valence-electron chi connectivity index (χ3n) is 3.69. The van der Waals surface area contributed by atoms with Gasteiger partial charge in [0.15, 0.2) is 0 Å².